The molecule has 2 aromatic carbocycles. The molecular weight excluding hydrogens is 342 g/mol. The molecule has 0 fully saturated rings. The summed E-state index contributed by atoms with van der Waals surface area (Å²) in [6, 6.07) is 12.8. The summed E-state index contributed by atoms with van der Waals surface area (Å²) in [5.41, 5.74) is 3.12. The summed E-state index contributed by atoms with van der Waals surface area (Å²) >= 11 is 6.01. The Bertz CT molecular complexity index is 763. The largest absolute Gasteiger partial charge is 0.414 e. The standard InChI is InChI=1S/C19H20ClNO4/c1-3-23-10-11-24-19(14-5-7-15(20)8-6-14)16-12-13(2)4-9-17(16)21-18(22)25-19/h4-9,12H,3,10-11H2,1-2H3,(H,21,22). The van der Waals surface area contributed by atoms with Crippen molar-refractivity contribution in [3.05, 3.63) is 64.2 Å². The Morgan fingerprint density at radius 1 is 1.16 bits per heavy atom. The molecule has 0 saturated carbocycles. The lowest BCUT2D eigenvalue weighted by molar-refractivity contribution is -0.187. The minimum atomic E-state index is -1.34. The monoisotopic (exact) mass is 361 g/mol. The van der Waals surface area contributed by atoms with E-state index in [1.54, 1.807) is 24.3 Å². The predicted octanol–water partition coefficient (Wildman–Crippen LogP) is 4.46. The molecule has 3 rings (SSSR count). The molecule has 1 atom stereocenters. The quantitative estimate of drug-likeness (QED) is 0.771. The Morgan fingerprint density at radius 2 is 1.92 bits per heavy atom. The molecule has 1 amide bonds. The van der Waals surface area contributed by atoms with E-state index in [9.17, 15) is 4.79 Å². The van der Waals surface area contributed by atoms with Gasteiger partial charge in [0.25, 0.3) is 5.79 Å². The molecule has 132 valence electrons. The summed E-state index contributed by atoms with van der Waals surface area (Å²) in [5.74, 6) is -1.34. The van der Waals surface area contributed by atoms with Gasteiger partial charge in [-0.2, -0.15) is 0 Å². The van der Waals surface area contributed by atoms with Gasteiger partial charge < -0.3 is 14.2 Å². The van der Waals surface area contributed by atoms with Crippen molar-refractivity contribution in [2.75, 3.05) is 25.1 Å². The maximum Gasteiger partial charge on any atom is 0.414 e. The number of amides is 1. The van der Waals surface area contributed by atoms with Crippen LogP contribution in [0.1, 0.15) is 23.6 Å². The van der Waals surface area contributed by atoms with E-state index >= 15 is 0 Å². The second kappa shape index (κ2) is 7.44. The Labute approximate surface area is 151 Å². The molecule has 0 spiro atoms. The van der Waals surface area contributed by atoms with Crippen LogP contribution in [0.3, 0.4) is 0 Å². The molecular formula is C19H20ClNO4. The minimum Gasteiger partial charge on any atom is -0.408 e. The first-order valence-electron chi connectivity index (χ1n) is 8.14. The van der Waals surface area contributed by atoms with Crippen LogP contribution >= 0.6 is 11.6 Å². The number of carbonyl (C=O) groups excluding carboxylic acids is 1. The van der Waals surface area contributed by atoms with Crippen molar-refractivity contribution in [3.63, 3.8) is 0 Å². The Balaban J connectivity index is 2.09. The van der Waals surface area contributed by atoms with Gasteiger partial charge in [-0.3, -0.25) is 5.32 Å². The molecule has 25 heavy (non-hydrogen) atoms. The normalized spacial score (nSPS) is 19.1. The van der Waals surface area contributed by atoms with Crippen LogP contribution in [-0.4, -0.2) is 25.9 Å². The van der Waals surface area contributed by atoms with Crippen molar-refractivity contribution in [2.45, 2.75) is 19.6 Å². The molecule has 1 heterocycles. The maximum atomic E-state index is 12.2. The van der Waals surface area contributed by atoms with E-state index in [-0.39, 0.29) is 6.61 Å². The SMILES string of the molecule is CCOCCOC1(c2ccc(Cl)cc2)OC(=O)Nc2ccc(C)cc21. The number of rotatable bonds is 6. The molecule has 0 radical (unpaired) electrons. The molecule has 1 N–H and O–H groups in total. The molecule has 1 aliphatic rings. The number of benzene rings is 2. The van der Waals surface area contributed by atoms with Gasteiger partial charge in [-0.05, 0) is 38.1 Å². The van der Waals surface area contributed by atoms with Crippen molar-refractivity contribution in [3.8, 4) is 0 Å². The van der Waals surface area contributed by atoms with Crippen molar-refractivity contribution >= 4 is 23.4 Å². The topological polar surface area (TPSA) is 56.8 Å². The number of nitrogens with one attached hydrogen (secondary N) is 1. The fourth-order valence-electron chi connectivity index (χ4n) is 2.82. The van der Waals surface area contributed by atoms with Crippen LogP contribution < -0.4 is 5.32 Å². The highest BCUT2D eigenvalue weighted by Gasteiger charge is 2.45. The van der Waals surface area contributed by atoms with Gasteiger partial charge in [0.1, 0.15) is 0 Å². The number of anilines is 1. The lowest BCUT2D eigenvalue weighted by Gasteiger charge is -2.38. The summed E-state index contributed by atoms with van der Waals surface area (Å²) in [6.45, 7) is 5.16. The van der Waals surface area contributed by atoms with E-state index in [1.165, 1.54) is 0 Å². The third-order valence-corrected chi connectivity index (χ3v) is 4.22. The maximum absolute atomic E-state index is 12.2. The Morgan fingerprint density at radius 3 is 2.64 bits per heavy atom. The molecule has 0 saturated heterocycles. The number of hydrogen-bond donors (Lipinski definition) is 1. The van der Waals surface area contributed by atoms with Gasteiger partial charge in [-0.15, -0.1) is 0 Å². The van der Waals surface area contributed by atoms with Gasteiger partial charge >= 0.3 is 6.09 Å². The van der Waals surface area contributed by atoms with Crippen LogP contribution in [0.2, 0.25) is 5.02 Å². The molecule has 1 aliphatic heterocycles. The lowest BCUT2D eigenvalue weighted by atomic mass is 9.93. The van der Waals surface area contributed by atoms with Gasteiger partial charge in [0.15, 0.2) is 0 Å². The third-order valence-electron chi connectivity index (χ3n) is 3.96. The fourth-order valence-corrected chi connectivity index (χ4v) is 2.95. The summed E-state index contributed by atoms with van der Waals surface area (Å²) in [7, 11) is 0. The zero-order chi connectivity index (χ0) is 17.9. The van der Waals surface area contributed by atoms with E-state index in [0.29, 0.717) is 29.5 Å². The first-order valence-corrected chi connectivity index (χ1v) is 8.52. The van der Waals surface area contributed by atoms with Crippen LogP contribution in [0.25, 0.3) is 0 Å². The highest BCUT2D eigenvalue weighted by atomic mass is 35.5. The number of fused-ring (bicyclic) bond motifs is 1. The van der Waals surface area contributed by atoms with Crippen molar-refractivity contribution in [1.29, 1.82) is 0 Å². The summed E-state index contributed by atoms with van der Waals surface area (Å²) in [6.07, 6.45) is -0.567. The van der Waals surface area contributed by atoms with Crippen molar-refractivity contribution < 1.29 is 19.0 Å². The highest BCUT2D eigenvalue weighted by Crippen LogP contribution is 2.43. The van der Waals surface area contributed by atoms with Crippen molar-refractivity contribution in [2.24, 2.45) is 0 Å². The van der Waals surface area contributed by atoms with Crippen molar-refractivity contribution in [1.82, 2.24) is 0 Å². The second-order valence-electron chi connectivity index (χ2n) is 5.73. The molecule has 1 unspecified atom stereocenters. The summed E-state index contributed by atoms with van der Waals surface area (Å²) < 4.78 is 17.2. The van der Waals surface area contributed by atoms with E-state index < -0.39 is 11.9 Å². The van der Waals surface area contributed by atoms with Crippen LogP contribution in [0, 0.1) is 6.92 Å². The average Bonchev–Trinajstić information content (AvgIpc) is 2.60. The van der Waals surface area contributed by atoms with Gasteiger partial charge in [-0.25, -0.2) is 4.79 Å². The number of aryl methyl sites for hydroxylation is 1. The van der Waals surface area contributed by atoms with Gasteiger partial charge in [0, 0.05) is 17.2 Å². The lowest BCUT2D eigenvalue weighted by Crippen LogP contribution is -2.43. The molecule has 6 heteroatoms. The zero-order valence-electron chi connectivity index (χ0n) is 14.2. The highest BCUT2D eigenvalue weighted by molar-refractivity contribution is 6.30. The van der Waals surface area contributed by atoms with Crippen LogP contribution in [0.4, 0.5) is 10.5 Å². The van der Waals surface area contributed by atoms with Gasteiger partial charge in [-0.1, -0.05) is 35.4 Å². The third kappa shape index (κ3) is 3.63. The molecule has 0 aliphatic carbocycles. The average molecular weight is 362 g/mol. The predicted molar refractivity (Wildman–Crippen MR) is 96.0 cm³/mol. The minimum absolute atomic E-state index is 0.275. The van der Waals surface area contributed by atoms with Crippen LogP contribution in [0.5, 0.6) is 0 Å². The molecule has 0 aromatic heterocycles. The first kappa shape index (κ1) is 17.7. The summed E-state index contributed by atoms with van der Waals surface area (Å²) in [5, 5.41) is 3.32. The Kier molecular flexibility index (Phi) is 5.27. The fraction of sp³-hybridized carbons (Fsp3) is 0.316. The second-order valence-corrected chi connectivity index (χ2v) is 6.17. The molecule has 0 bridgehead atoms. The van der Waals surface area contributed by atoms with E-state index in [0.717, 1.165) is 11.1 Å². The zero-order valence-corrected chi connectivity index (χ0v) is 14.9. The smallest absolute Gasteiger partial charge is 0.408 e. The van der Waals surface area contributed by atoms with Gasteiger partial charge in [0.2, 0.25) is 0 Å². The Hall–Kier alpha value is -2.08. The van der Waals surface area contributed by atoms with Gasteiger partial charge in [0.05, 0.1) is 24.5 Å². The number of hydrogen-bond acceptors (Lipinski definition) is 4. The molecule has 5 nitrogen and oxygen atoms in total. The molecule has 2 aromatic rings. The van der Waals surface area contributed by atoms with E-state index in [2.05, 4.69) is 5.32 Å². The summed E-state index contributed by atoms with van der Waals surface area (Å²) in [4.78, 5) is 12.2. The number of ether oxygens (including phenoxy) is 3. The number of carbonyl (C=O) groups is 1. The van der Waals surface area contributed by atoms with E-state index in [1.807, 2.05) is 32.0 Å². The van der Waals surface area contributed by atoms with Crippen LogP contribution in [0.15, 0.2) is 42.5 Å². The number of halogens is 1. The first-order chi connectivity index (χ1) is 12.0. The van der Waals surface area contributed by atoms with Crippen LogP contribution in [-0.2, 0) is 20.0 Å². The van der Waals surface area contributed by atoms with E-state index in [4.69, 9.17) is 25.8 Å². The number of cyclic esters (lactones) is 1.